The number of piperidine rings is 1. The number of carbonyl (C=O) groups excluding carboxylic acids is 1. The molecular weight excluding hydrogens is 273 g/mol. The minimum absolute atomic E-state index is 0.0507. The lowest BCUT2D eigenvalue weighted by atomic mass is 9.95. The molecule has 2 rings (SSSR count). The molecule has 0 aliphatic carbocycles. The highest BCUT2D eigenvalue weighted by molar-refractivity contribution is 5.80. The molecule has 1 amide bonds. The van der Waals surface area contributed by atoms with Crippen molar-refractivity contribution in [2.45, 2.75) is 26.2 Å². The van der Waals surface area contributed by atoms with Crippen LogP contribution < -0.4 is 0 Å². The Labute approximate surface area is 123 Å². The number of benzene rings is 1. The quantitative estimate of drug-likeness (QED) is 0.927. The van der Waals surface area contributed by atoms with E-state index in [0.717, 1.165) is 12.0 Å². The van der Waals surface area contributed by atoms with E-state index in [9.17, 15) is 14.0 Å². The molecule has 0 spiro atoms. The predicted octanol–water partition coefficient (Wildman–Crippen LogP) is 2.33. The number of nitrogens with zero attached hydrogens (tertiary/aromatic N) is 1. The third-order valence-corrected chi connectivity index (χ3v) is 3.93. The number of amides is 1. The molecule has 1 aliphatic heterocycles. The Morgan fingerprint density at radius 1 is 1.48 bits per heavy atom. The number of carboxylic acids is 1. The lowest BCUT2D eigenvalue weighted by Gasteiger charge is -2.32. The van der Waals surface area contributed by atoms with E-state index in [1.54, 1.807) is 24.0 Å². The Morgan fingerprint density at radius 2 is 2.24 bits per heavy atom. The molecule has 114 valence electrons. The van der Waals surface area contributed by atoms with E-state index in [1.807, 2.05) is 0 Å². The summed E-state index contributed by atoms with van der Waals surface area (Å²) in [6.07, 6.45) is 1.80. The molecule has 0 radical (unpaired) electrons. The smallest absolute Gasteiger partial charge is 0.308 e. The van der Waals surface area contributed by atoms with Crippen molar-refractivity contribution in [1.29, 1.82) is 0 Å². The minimum atomic E-state index is -0.842. The molecule has 1 N–H and O–H groups in total. The summed E-state index contributed by atoms with van der Waals surface area (Å²) in [7, 11) is 0. The summed E-state index contributed by atoms with van der Waals surface area (Å²) in [4.78, 5) is 25.1. The number of aliphatic carboxylic acids is 1. The Balaban J connectivity index is 1.97. The van der Waals surface area contributed by atoms with Crippen molar-refractivity contribution in [1.82, 2.24) is 4.90 Å². The van der Waals surface area contributed by atoms with Gasteiger partial charge in [-0.25, -0.2) is 4.39 Å². The SMILES string of the molecule is CC(Cc1cccc(F)c1)C(=O)N1CCCC(C(=O)O)C1. The van der Waals surface area contributed by atoms with Gasteiger partial charge in [0.2, 0.25) is 5.91 Å². The molecule has 0 saturated carbocycles. The summed E-state index contributed by atoms with van der Waals surface area (Å²) in [5, 5.41) is 9.06. The molecule has 1 heterocycles. The van der Waals surface area contributed by atoms with Gasteiger partial charge in [0, 0.05) is 19.0 Å². The van der Waals surface area contributed by atoms with Crippen LogP contribution in [0.2, 0.25) is 0 Å². The minimum Gasteiger partial charge on any atom is -0.481 e. The van der Waals surface area contributed by atoms with Gasteiger partial charge < -0.3 is 10.0 Å². The highest BCUT2D eigenvalue weighted by Crippen LogP contribution is 2.20. The summed E-state index contributed by atoms with van der Waals surface area (Å²) in [5.74, 6) is -1.95. The maximum absolute atomic E-state index is 13.2. The molecule has 2 unspecified atom stereocenters. The fourth-order valence-corrected chi connectivity index (χ4v) is 2.80. The second kappa shape index (κ2) is 6.70. The van der Waals surface area contributed by atoms with Crippen LogP contribution in [0.3, 0.4) is 0 Å². The van der Waals surface area contributed by atoms with Crippen LogP contribution in [0, 0.1) is 17.7 Å². The molecule has 1 aromatic carbocycles. The molecule has 0 bridgehead atoms. The fourth-order valence-electron chi connectivity index (χ4n) is 2.80. The van der Waals surface area contributed by atoms with Gasteiger partial charge in [0.05, 0.1) is 5.92 Å². The number of hydrogen-bond acceptors (Lipinski definition) is 2. The average Bonchev–Trinajstić information content (AvgIpc) is 2.46. The van der Waals surface area contributed by atoms with Crippen LogP contribution in [-0.2, 0) is 16.0 Å². The van der Waals surface area contributed by atoms with Crippen LogP contribution in [0.1, 0.15) is 25.3 Å². The van der Waals surface area contributed by atoms with Crippen LogP contribution in [0.4, 0.5) is 4.39 Å². The van der Waals surface area contributed by atoms with Crippen LogP contribution in [0.15, 0.2) is 24.3 Å². The first-order valence-corrected chi connectivity index (χ1v) is 7.23. The molecule has 1 saturated heterocycles. The molecule has 4 nitrogen and oxygen atoms in total. The maximum Gasteiger partial charge on any atom is 0.308 e. The number of hydrogen-bond donors (Lipinski definition) is 1. The van der Waals surface area contributed by atoms with E-state index in [2.05, 4.69) is 0 Å². The van der Waals surface area contributed by atoms with Crippen molar-refractivity contribution < 1.29 is 19.1 Å². The van der Waals surface area contributed by atoms with Crippen LogP contribution in [0.25, 0.3) is 0 Å². The highest BCUT2D eigenvalue weighted by atomic mass is 19.1. The van der Waals surface area contributed by atoms with E-state index < -0.39 is 11.9 Å². The number of carboxylic acid groups (broad SMARTS) is 1. The van der Waals surface area contributed by atoms with Gasteiger partial charge in [-0.1, -0.05) is 19.1 Å². The zero-order valence-electron chi connectivity index (χ0n) is 12.1. The van der Waals surface area contributed by atoms with E-state index in [1.165, 1.54) is 12.1 Å². The van der Waals surface area contributed by atoms with Gasteiger partial charge >= 0.3 is 5.97 Å². The summed E-state index contributed by atoms with van der Waals surface area (Å²) in [5.41, 5.74) is 0.780. The maximum atomic E-state index is 13.2. The number of likely N-dealkylation sites (tertiary alicyclic amines) is 1. The molecule has 0 aromatic heterocycles. The molecule has 1 aliphatic rings. The lowest BCUT2D eigenvalue weighted by Crippen LogP contribution is -2.44. The first-order chi connectivity index (χ1) is 9.97. The summed E-state index contributed by atoms with van der Waals surface area (Å²) < 4.78 is 13.2. The first-order valence-electron chi connectivity index (χ1n) is 7.23. The second-order valence-corrected chi connectivity index (χ2v) is 5.70. The first kappa shape index (κ1) is 15.5. The fraction of sp³-hybridized carbons (Fsp3) is 0.500. The zero-order chi connectivity index (χ0) is 15.4. The van der Waals surface area contributed by atoms with E-state index in [0.29, 0.717) is 19.4 Å². The van der Waals surface area contributed by atoms with Crippen LogP contribution in [0.5, 0.6) is 0 Å². The Morgan fingerprint density at radius 3 is 2.90 bits per heavy atom. The monoisotopic (exact) mass is 293 g/mol. The molecule has 21 heavy (non-hydrogen) atoms. The van der Waals surface area contributed by atoms with Crippen molar-refractivity contribution in [2.24, 2.45) is 11.8 Å². The van der Waals surface area contributed by atoms with Gasteiger partial charge in [0.1, 0.15) is 5.82 Å². The molecule has 1 aromatic rings. The number of halogens is 1. The molecular formula is C16H20FNO3. The van der Waals surface area contributed by atoms with Crippen molar-refractivity contribution in [3.8, 4) is 0 Å². The van der Waals surface area contributed by atoms with E-state index >= 15 is 0 Å². The molecule has 1 fully saturated rings. The van der Waals surface area contributed by atoms with Crippen LogP contribution >= 0.6 is 0 Å². The number of carbonyl (C=O) groups is 2. The second-order valence-electron chi connectivity index (χ2n) is 5.70. The van der Waals surface area contributed by atoms with Gasteiger partial charge in [0.15, 0.2) is 0 Å². The molecule has 5 heteroatoms. The Hall–Kier alpha value is -1.91. The Bertz CT molecular complexity index is 532. The summed E-state index contributed by atoms with van der Waals surface area (Å²) >= 11 is 0. The van der Waals surface area contributed by atoms with Crippen molar-refractivity contribution in [2.75, 3.05) is 13.1 Å². The third kappa shape index (κ3) is 4.03. The van der Waals surface area contributed by atoms with Gasteiger partial charge in [-0.3, -0.25) is 9.59 Å². The molecule has 2 atom stereocenters. The topological polar surface area (TPSA) is 57.6 Å². The van der Waals surface area contributed by atoms with Crippen molar-refractivity contribution in [3.05, 3.63) is 35.6 Å². The largest absolute Gasteiger partial charge is 0.481 e. The predicted molar refractivity (Wildman–Crippen MR) is 76.2 cm³/mol. The van der Waals surface area contributed by atoms with Gasteiger partial charge in [-0.05, 0) is 37.0 Å². The van der Waals surface area contributed by atoms with Gasteiger partial charge in [-0.2, -0.15) is 0 Å². The Kier molecular flexibility index (Phi) is 4.94. The van der Waals surface area contributed by atoms with Crippen molar-refractivity contribution in [3.63, 3.8) is 0 Å². The van der Waals surface area contributed by atoms with Gasteiger partial charge in [-0.15, -0.1) is 0 Å². The lowest BCUT2D eigenvalue weighted by molar-refractivity contribution is -0.146. The van der Waals surface area contributed by atoms with Crippen molar-refractivity contribution >= 4 is 11.9 Å². The normalized spacial score (nSPS) is 20.1. The van der Waals surface area contributed by atoms with Gasteiger partial charge in [0.25, 0.3) is 0 Å². The summed E-state index contributed by atoms with van der Waals surface area (Å²) in [6.45, 7) is 2.69. The summed E-state index contributed by atoms with van der Waals surface area (Å²) in [6, 6.07) is 6.23. The van der Waals surface area contributed by atoms with E-state index in [-0.39, 0.29) is 24.2 Å². The van der Waals surface area contributed by atoms with E-state index in [4.69, 9.17) is 5.11 Å². The standard InChI is InChI=1S/C16H20FNO3/c1-11(8-12-4-2-6-14(17)9-12)15(19)18-7-3-5-13(10-18)16(20)21/h2,4,6,9,11,13H,3,5,7-8,10H2,1H3,(H,20,21). The third-order valence-electron chi connectivity index (χ3n) is 3.93. The highest BCUT2D eigenvalue weighted by Gasteiger charge is 2.30. The average molecular weight is 293 g/mol. The van der Waals surface area contributed by atoms with Crippen LogP contribution in [-0.4, -0.2) is 35.0 Å². The zero-order valence-corrected chi connectivity index (χ0v) is 12.1. The number of rotatable bonds is 4.